The molecule has 0 radical (unpaired) electrons. The molecule has 308 valence electrons. The van der Waals surface area contributed by atoms with Crippen LogP contribution in [0.1, 0.15) is 48.0 Å². The number of aliphatic hydroxyl groups excluding tert-OH is 3. The van der Waals surface area contributed by atoms with Crippen LogP contribution in [0.15, 0.2) is 0 Å². The van der Waals surface area contributed by atoms with Gasteiger partial charge in [0.2, 0.25) is 11.8 Å². The highest BCUT2D eigenvalue weighted by molar-refractivity contribution is 6.76. The molecule has 0 bridgehead atoms. The molecule has 0 unspecified atom stereocenters. The van der Waals surface area contributed by atoms with Gasteiger partial charge in [-0.05, 0) is 6.04 Å². The SMILES string of the molecule is COC(=O)[C@@]1(O[C@H]2[C@@H](O)[C@@H](CO)O[C@@H](OCC[Si](C)(C)C)[C@@H]2O)C[C@H](OC(C)=O)[C@@H](N(C(C)=O)C(C)=O)[C@H]([C@H](OC(C)=O)[C@@H](COC(C)=O)OC(C)=O)O1. The van der Waals surface area contributed by atoms with Gasteiger partial charge in [-0.3, -0.25) is 33.7 Å². The second-order valence-corrected chi connectivity index (χ2v) is 19.7. The Morgan fingerprint density at radius 1 is 0.870 bits per heavy atom. The van der Waals surface area contributed by atoms with Crippen molar-refractivity contribution >= 4 is 49.7 Å². The van der Waals surface area contributed by atoms with Crippen molar-refractivity contribution in [2.24, 2.45) is 0 Å². The topological polar surface area (TPSA) is 266 Å². The lowest BCUT2D eigenvalue weighted by Gasteiger charge is -2.52. The summed E-state index contributed by atoms with van der Waals surface area (Å²) in [6.45, 7) is 10.6. The molecular weight excluding hydrogens is 742 g/mol. The van der Waals surface area contributed by atoms with Crippen molar-refractivity contribution in [2.45, 2.75) is 141 Å². The molecule has 3 N–H and O–H groups in total. The maximum Gasteiger partial charge on any atom is 0.366 e. The molecule has 0 aliphatic carbocycles. The molecule has 2 heterocycles. The van der Waals surface area contributed by atoms with Crippen molar-refractivity contribution in [3.8, 4) is 0 Å². The zero-order valence-electron chi connectivity index (χ0n) is 32.1. The molecule has 2 aliphatic heterocycles. The third-order valence-corrected chi connectivity index (χ3v) is 10.1. The number of ether oxygens (including phenoxy) is 9. The van der Waals surface area contributed by atoms with Crippen LogP contribution in [-0.2, 0) is 76.2 Å². The van der Waals surface area contributed by atoms with Gasteiger partial charge >= 0.3 is 29.8 Å². The number of aliphatic hydroxyl groups is 3. The van der Waals surface area contributed by atoms with Gasteiger partial charge in [0.15, 0.2) is 18.5 Å². The van der Waals surface area contributed by atoms with Gasteiger partial charge in [-0.1, -0.05) is 19.6 Å². The summed E-state index contributed by atoms with van der Waals surface area (Å²) in [6.07, 6.45) is -17.1. The van der Waals surface area contributed by atoms with Crippen LogP contribution in [0.5, 0.6) is 0 Å². The molecule has 21 heteroatoms. The van der Waals surface area contributed by atoms with Gasteiger partial charge in [0, 0.05) is 56.2 Å². The van der Waals surface area contributed by atoms with Crippen molar-refractivity contribution in [2.75, 3.05) is 26.9 Å². The average molecular weight is 796 g/mol. The number of rotatable bonds is 16. The number of nitrogens with zero attached hydrogens (tertiary/aromatic N) is 1. The molecular formula is C33H53NO19Si. The first-order valence-corrected chi connectivity index (χ1v) is 20.8. The first-order valence-electron chi connectivity index (χ1n) is 17.1. The summed E-state index contributed by atoms with van der Waals surface area (Å²) in [4.78, 5) is 90.1. The Kier molecular flexibility index (Phi) is 17.1. The molecule has 2 rings (SSSR count). The average Bonchev–Trinajstić information content (AvgIpc) is 3.04. The fourth-order valence-electron chi connectivity index (χ4n) is 6.07. The van der Waals surface area contributed by atoms with Crippen LogP contribution >= 0.6 is 0 Å². The molecule has 11 atom stereocenters. The number of amides is 2. The van der Waals surface area contributed by atoms with Gasteiger partial charge in [0.25, 0.3) is 5.79 Å². The zero-order valence-corrected chi connectivity index (χ0v) is 33.1. The van der Waals surface area contributed by atoms with Gasteiger partial charge in [0.05, 0.1) is 20.1 Å². The highest BCUT2D eigenvalue weighted by atomic mass is 28.3. The lowest BCUT2D eigenvalue weighted by Crippen LogP contribution is -2.72. The van der Waals surface area contributed by atoms with Gasteiger partial charge in [-0.15, -0.1) is 0 Å². The van der Waals surface area contributed by atoms with Gasteiger partial charge in [-0.25, -0.2) is 4.79 Å². The van der Waals surface area contributed by atoms with Crippen molar-refractivity contribution in [3.63, 3.8) is 0 Å². The molecule has 2 amide bonds. The molecule has 0 spiro atoms. The maximum atomic E-state index is 13.9. The Labute approximate surface area is 313 Å². The van der Waals surface area contributed by atoms with Crippen LogP contribution in [0.2, 0.25) is 25.7 Å². The lowest BCUT2D eigenvalue weighted by molar-refractivity contribution is -0.372. The zero-order chi connectivity index (χ0) is 41.3. The van der Waals surface area contributed by atoms with Crippen LogP contribution < -0.4 is 0 Å². The smallest absolute Gasteiger partial charge is 0.366 e. The van der Waals surface area contributed by atoms with E-state index in [1.54, 1.807) is 0 Å². The van der Waals surface area contributed by atoms with Gasteiger partial charge in [0.1, 0.15) is 49.3 Å². The highest BCUT2D eigenvalue weighted by Crippen LogP contribution is 2.41. The molecule has 2 saturated heterocycles. The minimum absolute atomic E-state index is 0.102. The second kappa shape index (κ2) is 19.8. The van der Waals surface area contributed by atoms with E-state index in [0.717, 1.165) is 48.7 Å². The van der Waals surface area contributed by atoms with Gasteiger partial charge in [-0.2, -0.15) is 0 Å². The highest BCUT2D eigenvalue weighted by Gasteiger charge is 2.63. The van der Waals surface area contributed by atoms with Crippen LogP contribution in [0.25, 0.3) is 0 Å². The monoisotopic (exact) mass is 795 g/mol. The Bertz CT molecular complexity index is 1360. The number of hydrogen-bond donors (Lipinski definition) is 3. The van der Waals surface area contributed by atoms with E-state index in [1.807, 2.05) is 0 Å². The predicted molar refractivity (Wildman–Crippen MR) is 181 cm³/mol. The molecule has 0 aromatic carbocycles. The first kappa shape index (κ1) is 46.6. The summed E-state index contributed by atoms with van der Waals surface area (Å²) < 4.78 is 50.4. The molecule has 2 aliphatic rings. The molecule has 54 heavy (non-hydrogen) atoms. The summed E-state index contributed by atoms with van der Waals surface area (Å²) in [6, 6.07) is -1.16. The van der Waals surface area contributed by atoms with E-state index in [9.17, 15) is 48.9 Å². The van der Waals surface area contributed by atoms with Gasteiger partial charge < -0.3 is 58.0 Å². The van der Waals surface area contributed by atoms with Crippen LogP contribution in [0, 0.1) is 0 Å². The normalized spacial score (nSPS) is 29.5. The number of carbonyl (C=O) groups is 7. The molecule has 2 fully saturated rings. The number of esters is 5. The van der Waals surface area contributed by atoms with E-state index in [1.165, 1.54) is 0 Å². The summed E-state index contributed by atoms with van der Waals surface area (Å²) in [5.74, 6) is -10.0. The number of imide groups is 1. The first-order chi connectivity index (χ1) is 25.0. The van der Waals surface area contributed by atoms with Crippen molar-refractivity contribution in [1.82, 2.24) is 4.90 Å². The maximum absolute atomic E-state index is 13.9. The standard InChI is InChI=1S/C33H53NO19Si/c1-16(36)34(17(2)37)25-22(48-19(4)39)13-33(32(44)45-7,52-29(25)28(50-21(6)41)24(49-20(5)40)15-47-18(3)38)53-30-26(42)23(14-35)51-31(27(30)43)46-11-12-54(8,9)10/h22-31,35,42-43H,11-15H2,1-10H3/t22-,23+,24+,25+,26-,27+,28+,29+,30-,31+,33-/m0/s1. The van der Waals surface area contributed by atoms with E-state index in [0.29, 0.717) is 10.9 Å². The predicted octanol–water partition coefficient (Wildman–Crippen LogP) is -1.05. The minimum Gasteiger partial charge on any atom is -0.465 e. The van der Waals surface area contributed by atoms with Crippen molar-refractivity contribution < 1.29 is 91.5 Å². The van der Waals surface area contributed by atoms with E-state index < -0.39 is 136 Å². The molecule has 0 aromatic heterocycles. The van der Waals surface area contributed by atoms with Crippen molar-refractivity contribution in [1.29, 1.82) is 0 Å². The van der Waals surface area contributed by atoms with Crippen LogP contribution in [0.4, 0.5) is 0 Å². The second-order valence-electron chi connectivity index (χ2n) is 14.1. The largest absolute Gasteiger partial charge is 0.465 e. The van der Waals surface area contributed by atoms with E-state index >= 15 is 0 Å². The Morgan fingerprint density at radius 3 is 1.93 bits per heavy atom. The fraction of sp³-hybridized carbons (Fsp3) is 0.788. The minimum atomic E-state index is -2.87. The summed E-state index contributed by atoms with van der Waals surface area (Å²) >= 11 is 0. The molecule has 0 saturated carbocycles. The Hall–Kier alpha value is -3.57. The quantitative estimate of drug-likeness (QED) is 0.0955. The van der Waals surface area contributed by atoms with Crippen molar-refractivity contribution in [3.05, 3.63) is 0 Å². The number of carbonyl (C=O) groups excluding carboxylic acids is 7. The van der Waals surface area contributed by atoms with Crippen LogP contribution in [-0.4, -0.2) is 164 Å². The summed E-state index contributed by atoms with van der Waals surface area (Å²) in [7, 11) is -0.750. The van der Waals surface area contributed by atoms with Crippen LogP contribution in [0.3, 0.4) is 0 Å². The van der Waals surface area contributed by atoms with E-state index in [2.05, 4.69) is 19.6 Å². The van der Waals surface area contributed by atoms with E-state index in [4.69, 9.17) is 42.6 Å². The third-order valence-electron chi connectivity index (χ3n) is 8.35. The van der Waals surface area contributed by atoms with E-state index in [-0.39, 0.29) is 6.61 Å². The molecule has 20 nitrogen and oxygen atoms in total. The number of methoxy groups -OCH3 is 1. The Balaban J connectivity index is 2.92. The fourth-order valence-corrected chi connectivity index (χ4v) is 6.80. The summed E-state index contributed by atoms with van der Waals surface area (Å²) in [5, 5.41) is 32.8. The Morgan fingerprint density at radius 2 is 1.46 bits per heavy atom. The third kappa shape index (κ3) is 12.5. The molecule has 0 aromatic rings. The number of hydrogen-bond acceptors (Lipinski definition) is 19. The summed E-state index contributed by atoms with van der Waals surface area (Å²) in [5.41, 5.74) is 0. The lowest BCUT2D eigenvalue weighted by atomic mass is 9.86.